The van der Waals surface area contributed by atoms with Crippen molar-refractivity contribution in [3.63, 3.8) is 0 Å². The summed E-state index contributed by atoms with van der Waals surface area (Å²) in [6, 6.07) is 42.6. The zero-order valence-electron chi connectivity index (χ0n) is 15.9. The lowest BCUT2D eigenvalue weighted by atomic mass is 9.86. The molecule has 3 heteroatoms. The van der Waals surface area contributed by atoms with E-state index in [1.54, 1.807) is 0 Å². The van der Waals surface area contributed by atoms with E-state index in [4.69, 9.17) is 11.1 Å². The smallest absolute Gasteiger partial charge is 0.00268 e. The molecule has 0 fully saturated rings. The van der Waals surface area contributed by atoms with E-state index in [0.717, 1.165) is 0 Å². The third kappa shape index (κ3) is 5.01. The number of hydrogen-bond donors (Lipinski definition) is 0. The Morgan fingerprint density at radius 3 is 0.724 bits per heavy atom. The maximum absolute atomic E-state index is 6.75. The molecule has 0 aliphatic rings. The summed E-state index contributed by atoms with van der Waals surface area (Å²) in [5, 5.41) is 0. The third-order valence-electron chi connectivity index (χ3n) is 4.50. The van der Waals surface area contributed by atoms with E-state index in [2.05, 4.69) is 121 Å². The zero-order chi connectivity index (χ0) is 20.3. The Balaban J connectivity index is 0.000000755. The SMILES string of the molecule is [N-]=[N+]=[N-].c1ccc(C(=C(c2ccccc2)c2ccccc2)c2ccccc2)cc1. The van der Waals surface area contributed by atoms with E-state index >= 15 is 0 Å². The average molecular weight is 374 g/mol. The van der Waals surface area contributed by atoms with Gasteiger partial charge in [0.2, 0.25) is 0 Å². The van der Waals surface area contributed by atoms with Crippen LogP contribution in [-0.2, 0) is 0 Å². The van der Waals surface area contributed by atoms with E-state index < -0.39 is 0 Å². The van der Waals surface area contributed by atoms with E-state index in [-0.39, 0.29) is 0 Å². The summed E-state index contributed by atoms with van der Waals surface area (Å²) in [4.78, 5) is 1.50. The molecule has 4 rings (SSSR count). The monoisotopic (exact) mass is 374 g/mol. The molecule has 0 saturated heterocycles. The summed E-state index contributed by atoms with van der Waals surface area (Å²) >= 11 is 0. The second kappa shape index (κ2) is 10.3. The lowest BCUT2D eigenvalue weighted by Crippen LogP contribution is -1.97. The van der Waals surface area contributed by atoms with Crippen molar-refractivity contribution in [3.8, 4) is 0 Å². The van der Waals surface area contributed by atoms with Gasteiger partial charge in [0.25, 0.3) is 0 Å². The second-order valence-electron chi connectivity index (χ2n) is 6.30. The summed E-state index contributed by atoms with van der Waals surface area (Å²) in [6.07, 6.45) is 0. The highest BCUT2D eigenvalue weighted by Crippen LogP contribution is 2.36. The largest absolute Gasteiger partial charge is 0.373 e. The van der Waals surface area contributed by atoms with Gasteiger partial charge in [-0.15, -0.1) is 0 Å². The molecule has 0 aliphatic carbocycles. The molecule has 0 spiro atoms. The molecule has 140 valence electrons. The molecule has 0 saturated carbocycles. The van der Waals surface area contributed by atoms with Crippen LogP contribution in [0.4, 0.5) is 0 Å². The molecular formula is C26H20N3-. The molecule has 0 aliphatic heterocycles. The fourth-order valence-corrected chi connectivity index (χ4v) is 3.33. The number of hydrogen-bond acceptors (Lipinski definition) is 0. The van der Waals surface area contributed by atoms with Gasteiger partial charge < -0.3 is 11.1 Å². The van der Waals surface area contributed by atoms with Crippen LogP contribution in [0.2, 0.25) is 0 Å². The maximum atomic E-state index is 6.75. The van der Waals surface area contributed by atoms with Crippen molar-refractivity contribution < 1.29 is 0 Å². The first-order valence-corrected chi connectivity index (χ1v) is 9.29. The second-order valence-corrected chi connectivity index (χ2v) is 6.30. The summed E-state index contributed by atoms with van der Waals surface area (Å²) < 4.78 is 0. The Morgan fingerprint density at radius 2 is 0.552 bits per heavy atom. The van der Waals surface area contributed by atoms with Crippen LogP contribution in [0, 0.1) is 0 Å². The number of nitrogens with zero attached hydrogens (tertiary/aromatic N) is 3. The first-order valence-electron chi connectivity index (χ1n) is 9.29. The van der Waals surface area contributed by atoms with Crippen LogP contribution in [0.25, 0.3) is 27.1 Å². The van der Waals surface area contributed by atoms with Gasteiger partial charge in [-0.1, -0.05) is 121 Å². The predicted molar refractivity (Wildman–Crippen MR) is 121 cm³/mol. The minimum Gasteiger partial charge on any atom is -0.373 e. The Kier molecular flexibility index (Phi) is 7.00. The predicted octanol–water partition coefficient (Wildman–Crippen LogP) is 7.56. The van der Waals surface area contributed by atoms with Crippen molar-refractivity contribution in [3.05, 3.63) is 160 Å². The molecule has 3 nitrogen and oxygen atoms in total. The fraction of sp³-hybridized carbons (Fsp3) is 0. The fourth-order valence-electron chi connectivity index (χ4n) is 3.33. The topological polar surface area (TPSA) is 58.7 Å². The molecule has 4 aromatic carbocycles. The van der Waals surface area contributed by atoms with Crippen LogP contribution in [-0.4, -0.2) is 0 Å². The summed E-state index contributed by atoms with van der Waals surface area (Å²) in [7, 11) is 0. The average Bonchev–Trinajstić information content (AvgIpc) is 2.80. The van der Waals surface area contributed by atoms with Crippen molar-refractivity contribution in [2.24, 2.45) is 0 Å². The molecule has 29 heavy (non-hydrogen) atoms. The number of benzene rings is 4. The van der Waals surface area contributed by atoms with E-state index in [1.807, 2.05) is 0 Å². The Bertz CT molecular complexity index is 914. The molecule has 0 radical (unpaired) electrons. The normalized spacial score (nSPS) is 9.52. The van der Waals surface area contributed by atoms with Crippen LogP contribution in [0.3, 0.4) is 0 Å². The molecular weight excluding hydrogens is 354 g/mol. The molecule has 4 aromatic rings. The molecule has 0 heterocycles. The van der Waals surface area contributed by atoms with Gasteiger partial charge in [-0.25, -0.2) is 0 Å². The summed E-state index contributed by atoms with van der Waals surface area (Å²) in [5.74, 6) is 0. The van der Waals surface area contributed by atoms with E-state index in [9.17, 15) is 0 Å². The van der Waals surface area contributed by atoms with Crippen LogP contribution >= 0.6 is 0 Å². The highest BCUT2D eigenvalue weighted by Gasteiger charge is 2.15. The molecule has 0 aromatic heterocycles. The van der Waals surface area contributed by atoms with Gasteiger partial charge in [-0.3, -0.25) is 4.91 Å². The van der Waals surface area contributed by atoms with Crippen molar-refractivity contribution in [2.45, 2.75) is 0 Å². The van der Waals surface area contributed by atoms with Gasteiger partial charge in [0, 0.05) is 0 Å². The Labute approximate surface area is 171 Å². The highest BCUT2D eigenvalue weighted by atomic mass is 15.0. The lowest BCUT2D eigenvalue weighted by molar-refractivity contribution is 1.50. The molecule has 0 N–H and O–H groups in total. The van der Waals surface area contributed by atoms with E-state index in [0.29, 0.717) is 0 Å². The lowest BCUT2D eigenvalue weighted by Gasteiger charge is -2.18. The molecule has 0 amide bonds. The van der Waals surface area contributed by atoms with Crippen LogP contribution in [0.1, 0.15) is 22.3 Å². The van der Waals surface area contributed by atoms with Gasteiger partial charge in [-0.05, 0) is 33.4 Å². The van der Waals surface area contributed by atoms with Gasteiger partial charge in [0.1, 0.15) is 0 Å². The maximum Gasteiger partial charge on any atom is -0.00268 e. The van der Waals surface area contributed by atoms with Crippen LogP contribution in [0.15, 0.2) is 121 Å². The van der Waals surface area contributed by atoms with Gasteiger partial charge >= 0.3 is 0 Å². The first-order chi connectivity index (χ1) is 14.3. The Hall–Kier alpha value is -4.07. The highest BCUT2D eigenvalue weighted by molar-refractivity contribution is 6.04. The van der Waals surface area contributed by atoms with Crippen molar-refractivity contribution in [2.75, 3.05) is 0 Å². The number of rotatable bonds is 4. The first kappa shape index (κ1) is 19.7. The van der Waals surface area contributed by atoms with E-state index in [1.165, 1.54) is 38.3 Å². The minimum absolute atomic E-state index is 1.22. The molecule has 0 unspecified atom stereocenters. The molecule has 0 bridgehead atoms. The summed E-state index contributed by atoms with van der Waals surface area (Å²) in [5.41, 5.74) is 20.9. The van der Waals surface area contributed by atoms with Crippen molar-refractivity contribution in [1.29, 1.82) is 0 Å². The standard InChI is InChI=1S/C26H20.N3/c1-5-13-21(14-6-1)25(22-15-7-2-8-16-22)26(23-17-9-3-10-18-23)24-19-11-4-12-20-24;1-3-2/h1-20H;/q;-1. The minimum atomic E-state index is 1.22. The molecule has 0 atom stereocenters. The van der Waals surface area contributed by atoms with Gasteiger partial charge in [-0.2, -0.15) is 0 Å². The third-order valence-corrected chi connectivity index (χ3v) is 4.50. The van der Waals surface area contributed by atoms with Crippen molar-refractivity contribution in [1.82, 2.24) is 0 Å². The Morgan fingerprint density at radius 1 is 0.379 bits per heavy atom. The van der Waals surface area contributed by atoms with Crippen LogP contribution < -0.4 is 0 Å². The quantitative estimate of drug-likeness (QED) is 0.153. The van der Waals surface area contributed by atoms with Gasteiger partial charge in [0.15, 0.2) is 0 Å². The zero-order valence-corrected chi connectivity index (χ0v) is 15.9. The van der Waals surface area contributed by atoms with Crippen molar-refractivity contribution >= 4 is 11.1 Å². The van der Waals surface area contributed by atoms with Crippen LogP contribution in [0.5, 0.6) is 0 Å². The summed E-state index contributed by atoms with van der Waals surface area (Å²) in [6.45, 7) is 0. The van der Waals surface area contributed by atoms with Gasteiger partial charge in [0.05, 0.1) is 0 Å².